The van der Waals surface area contributed by atoms with Gasteiger partial charge in [-0.15, -0.1) is 0 Å². The minimum Gasteiger partial charge on any atom is -0.370 e. The quantitative estimate of drug-likeness (QED) is 0.826. The predicted molar refractivity (Wildman–Crippen MR) is 73.9 cm³/mol. The Morgan fingerprint density at radius 2 is 1.80 bits per heavy atom. The van der Waals surface area contributed by atoms with E-state index in [4.69, 9.17) is 0 Å². The first kappa shape index (κ1) is 14.9. The van der Waals surface area contributed by atoms with E-state index in [2.05, 4.69) is 22.5 Å². The first-order chi connectivity index (χ1) is 9.32. The van der Waals surface area contributed by atoms with Crippen molar-refractivity contribution in [2.75, 3.05) is 23.7 Å². The molecule has 1 saturated carbocycles. The van der Waals surface area contributed by atoms with Crippen LogP contribution in [0, 0.1) is 5.41 Å². The zero-order valence-corrected chi connectivity index (χ0v) is 11.8. The van der Waals surface area contributed by atoms with Gasteiger partial charge in [0.2, 0.25) is 0 Å². The molecule has 1 heterocycles. The molecule has 1 fully saturated rings. The number of halogens is 3. The highest BCUT2D eigenvalue weighted by Crippen LogP contribution is 2.44. The third kappa shape index (κ3) is 4.02. The van der Waals surface area contributed by atoms with Crippen LogP contribution in [0.2, 0.25) is 0 Å². The van der Waals surface area contributed by atoms with E-state index in [0.29, 0.717) is 13.1 Å². The fourth-order valence-electron chi connectivity index (χ4n) is 1.82. The second-order valence-corrected chi connectivity index (χ2v) is 5.72. The van der Waals surface area contributed by atoms with Crippen LogP contribution in [0.5, 0.6) is 0 Å². The summed E-state index contributed by atoms with van der Waals surface area (Å²) in [4.78, 5) is 4.19. The number of anilines is 2. The summed E-state index contributed by atoms with van der Waals surface area (Å²) < 4.78 is 38.6. The number of rotatable bonds is 6. The molecule has 2 rings (SSSR count). The topological polar surface area (TPSA) is 37.0 Å². The van der Waals surface area contributed by atoms with Gasteiger partial charge in [0.15, 0.2) is 0 Å². The van der Waals surface area contributed by atoms with Gasteiger partial charge in [-0.3, -0.25) is 0 Å². The van der Waals surface area contributed by atoms with E-state index in [0.717, 1.165) is 31.4 Å². The Kier molecular flexibility index (Phi) is 4.11. The highest BCUT2D eigenvalue weighted by atomic mass is 19.4. The summed E-state index contributed by atoms with van der Waals surface area (Å²) in [7, 11) is 0. The molecule has 6 heteroatoms. The molecule has 0 bridgehead atoms. The Morgan fingerprint density at radius 3 is 2.30 bits per heavy atom. The third-order valence-corrected chi connectivity index (χ3v) is 3.51. The summed E-state index contributed by atoms with van der Waals surface area (Å²) in [6.07, 6.45) is -1.30. The molecule has 3 nitrogen and oxygen atoms in total. The average Bonchev–Trinajstić information content (AvgIpc) is 3.11. The van der Waals surface area contributed by atoms with E-state index < -0.39 is 11.7 Å². The maximum atomic E-state index is 12.9. The minimum absolute atomic E-state index is 0.215. The van der Waals surface area contributed by atoms with E-state index in [1.807, 2.05) is 6.92 Å². The Labute approximate surface area is 117 Å². The molecule has 20 heavy (non-hydrogen) atoms. The first-order valence-corrected chi connectivity index (χ1v) is 6.89. The summed E-state index contributed by atoms with van der Waals surface area (Å²) in [5, 5.41) is 5.93. The van der Waals surface area contributed by atoms with E-state index >= 15 is 0 Å². The molecule has 1 aromatic rings. The van der Waals surface area contributed by atoms with Crippen LogP contribution in [0.1, 0.15) is 38.7 Å². The number of hydrogen-bond acceptors (Lipinski definition) is 3. The van der Waals surface area contributed by atoms with Crippen molar-refractivity contribution in [1.82, 2.24) is 4.98 Å². The lowest BCUT2D eigenvalue weighted by atomic mass is 10.1. The fourth-order valence-corrected chi connectivity index (χ4v) is 1.82. The van der Waals surface area contributed by atoms with Crippen LogP contribution >= 0.6 is 0 Å². The van der Waals surface area contributed by atoms with Gasteiger partial charge in [-0.05, 0) is 36.8 Å². The zero-order chi connectivity index (χ0) is 14.8. The van der Waals surface area contributed by atoms with Gasteiger partial charge < -0.3 is 10.6 Å². The lowest BCUT2D eigenvalue weighted by Gasteiger charge is -2.15. The summed E-state index contributed by atoms with van der Waals surface area (Å²) >= 11 is 0. The monoisotopic (exact) mass is 287 g/mol. The molecule has 0 radical (unpaired) electrons. The van der Waals surface area contributed by atoms with Crippen LogP contribution in [-0.4, -0.2) is 18.1 Å². The molecule has 1 aromatic heterocycles. The van der Waals surface area contributed by atoms with E-state index in [1.165, 1.54) is 0 Å². The summed E-state index contributed by atoms with van der Waals surface area (Å²) in [6, 6.07) is 2.13. The molecule has 0 aliphatic heterocycles. The Bertz CT molecular complexity index is 467. The lowest BCUT2D eigenvalue weighted by molar-refractivity contribution is -0.137. The van der Waals surface area contributed by atoms with Crippen molar-refractivity contribution in [1.29, 1.82) is 0 Å². The Hall–Kier alpha value is -1.46. The molecule has 0 atom stereocenters. The molecule has 0 unspecified atom stereocenters. The molecule has 1 aliphatic rings. The van der Waals surface area contributed by atoms with E-state index in [9.17, 15) is 13.2 Å². The number of hydrogen-bond donors (Lipinski definition) is 2. The molecule has 0 spiro atoms. The van der Waals surface area contributed by atoms with Crippen molar-refractivity contribution in [3.63, 3.8) is 0 Å². The highest BCUT2D eigenvalue weighted by Gasteiger charge is 2.37. The van der Waals surface area contributed by atoms with Gasteiger partial charge in [0.05, 0.1) is 5.56 Å². The van der Waals surface area contributed by atoms with Crippen molar-refractivity contribution in [3.8, 4) is 0 Å². The van der Waals surface area contributed by atoms with Crippen LogP contribution in [-0.2, 0) is 6.18 Å². The van der Waals surface area contributed by atoms with Crippen LogP contribution in [0.4, 0.5) is 24.8 Å². The van der Waals surface area contributed by atoms with Gasteiger partial charge in [0.25, 0.3) is 0 Å². The summed E-state index contributed by atoms with van der Waals surface area (Å²) in [5.41, 5.74) is -0.457. The van der Waals surface area contributed by atoms with Crippen molar-refractivity contribution in [3.05, 3.63) is 17.7 Å². The van der Waals surface area contributed by atoms with Crippen molar-refractivity contribution < 1.29 is 13.2 Å². The second kappa shape index (κ2) is 5.50. The van der Waals surface area contributed by atoms with Gasteiger partial charge >= 0.3 is 6.18 Å². The minimum atomic E-state index is -4.36. The van der Waals surface area contributed by atoms with E-state index in [-0.39, 0.29) is 17.1 Å². The molecular formula is C14H20F3N3. The molecule has 1 aliphatic carbocycles. The smallest absolute Gasteiger partial charge is 0.370 e. The van der Waals surface area contributed by atoms with Crippen molar-refractivity contribution >= 4 is 11.6 Å². The van der Waals surface area contributed by atoms with Crippen molar-refractivity contribution in [2.45, 2.75) is 39.3 Å². The molecule has 0 saturated heterocycles. The van der Waals surface area contributed by atoms with Gasteiger partial charge in [0.1, 0.15) is 11.6 Å². The maximum absolute atomic E-state index is 12.9. The normalized spacial score (nSPS) is 16.9. The molecular weight excluding hydrogens is 267 g/mol. The largest absolute Gasteiger partial charge is 0.416 e. The molecule has 112 valence electrons. The van der Waals surface area contributed by atoms with Gasteiger partial charge in [0, 0.05) is 13.1 Å². The predicted octanol–water partition coefficient (Wildman–Crippen LogP) is 4.13. The Morgan fingerprint density at radius 1 is 1.20 bits per heavy atom. The van der Waals surface area contributed by atoms with Crippen LogP contribution < -0.4 is 10.6 Å². The van der Waals surface area contributed by atoms with Gasteiger partial charge in [-0.25, -0.2) is 4.98 Å². The molecule has 2 N–H and O–H groups in total. The van der Waals surface area contributed by atoms with Gasteiger partial charge in [-0.2, -0.15) is 13.2 Å². The number of nitrogens with one attached hydrogen (secondary N) is 2. The van der Waals surface area contributed by atoms with Gasteiger partial charge in [-0.1, -0.05) is 13.8 Å². The Balaban J connectivity index is 2.15. The number of aromatic nitrogens is 1. The van der Waals surface area contributed by atoms with Crippen molar-refractivity contribution in [2.24, 2.45) is 5.41 Å². The van der Waals surface area contributed by atoms with Crippen LogP contribution in [0.3, 0.4) is 0 Å². The standard InChI is InChI=1S/C14H20F3N3/c1-3-6-18-11-7-10(14(15,16)17)8-12(20-11)19-9-13(2)4-5-13/h7-8H,3-6,9H2,1-2H3,(H2,18,19,20). The first-order valence-electron chi connectivity index (χ1n) is 6.89. The molecule has 0 aromatic carbocycles. The SMILES string of the molecule is CCCNc1cc(C(F)(F)F)cc(NCC2(C)CC2)n1. The number of alkyl halides is 3. The maximum Gasteiger partial charge on any atom is 0.416 e. The third-order valence-electron chi connectivity index (χ3n) is 3.51. The summed E-state index contributed by atoms with van der Waals surface area (Å²) in [6.45, 7) is 5.33. The highest BCUT2D eigenvalue weighted by molar-refractivity contribution is 5.50. The lowest BCUT2D eigenvalue weighted by Crippen LogP contribution is -2.15. The number of nitrogens with zero attached hydrogens (tertiary/aromatic N) is 1. The summed E-state index contributed by atoms with van der Waals surface area (Å²) in [5.74, 6) is 0.552. The van der Waals surface area contributed by atoms with Crippen LogP contribution in [0.25, 0.3) is 0 Å². The average molecular weight is 287 g/mol. The molecule has 0 amide bonds. The number of pyridine rings is 1. The fraction of sp³-hybridized carbons (Fsp3) is 0.643. The van der Waals surface area contributed by atoms with E-state index in [1.54, 1.807) is 0 Å². The zero-order valence-electron chi connectivity index (χ0n) is 11.8. The van der Waals surface area contributed by atoms with Crippen LogP contribution in [0.15, 0.2) is 12.1 Å². The second-order valence-electron chi connectivity index (χ2n) is 5.72.